The van der Waals surface area contributed by atoms with E-state index in [2.05, 4.69) is 25.5 Å². The van der Waals surface area contributed by atoms with Crippen molar-refractivity contribution >= 4 is 40.9 Å². The van der Waals surface area contributed by atoms with Crippen LogP contribution in [-0.4, -0.2) is 30.6 Å². The Kier molecular flexibility index (Phi) is 5.22. The Morgan fingerprint density at radius 1 is 1.29 bits per heavy atom. The quantitative estimate of drug-likeness (QED) is 0.285. The van der Waals surface area contributed by atoms with E-state index in [1.165, 1.54) is 11.8 Å². The lowest BCUT2D eigenvalue weighted by atomic mass is 10.1. The molecule has 1 aromatic carbocycles. The summed E-state index contributed by atoms with van der Waals surface area (Å²) in [5, 5.41) is 11.2. The van der Waals surface area contributed by atoms with Crippen LogP contribution >= 0.6 is 24.0 Å². The van der Waals surface area contributed by atoms with Crippen molar-refractivity contribution in [3.63, 3.8) is 0 Å². The van der Waals surface area contributed by atoms with Crippen LogP contribution in [0.5, 0.6) is 0 Å². The van der Waals surface area contributed by atoms with Crippen LogP contribution in [0.4, 0.5) is 0 Å². The summed E-state index contributed by atoms with van der Waals surface area (Å²) in [5.74, 6) is 1.11. The summed E-state index contributed by atoms with van der Waals surface area (Å²) in [4.78, 5) is 21.3. The number of benzene rings is 1. The number of fused-ring (bicyclic) bond motifs is 1. The van der Waals surface area contributed by atoms with Crippen molar-refractivity contribution in [1.82, 2.24) is 30.0 Å². The van der Waals surface area contributed by atoms with E-state index < -0.39 is 0 Å². The number of nitrogens with zero attached hydrogens (tertiary/aromatic N) is 4. The van der Waals surface area contributed by atoms with Gasteiger partial charge in [-0.2, -0.15) is 5.10 Å². The number of furan rings is 1. The van der Waals surface area contributed by atoms with Crippen molar-refractivity contribution in [2.75, 3.05) is 0 Å². The maximum atomic E-state index is 12.8. The second kappa shape index (κ2) is 7.95. The minimum absolute atomic E-state index is 0.230. The minimum atomic E-state index is -0.310. The molecule has 0 unspecified atom stereocenters. The smallest absolute Gasteiger partial charge is 0.287 e. The Bertz CT molecular complexity index is 1180. The number of H-pyrrole nitrogens is 1. The van der Waals surface area contributed by atoms with Gasteiger partial charge >= 0.3 is 0 Å². The average Bonchev–Trinajstić information content (AvgIpc) is 3.26. The molecule has 10 heteroatoms. The van der Waals surface area contributed by atoms with Gasteiger partial charge in [-0.1, -0.05) is 30.0 Å². The van der Waals surface area contributed by atoms with Gasteiger partial charge in [0.15, 0.2) is 21.5 Å². The summed E-state index contributed by atoms with van der Waals surface area (Å²) in [6.07, 6.45) is 3.38. The molecule has 4 aromatic rings. The van der Waals surface area contributed by atoms with E-state index in [0.717, 1.165) is 10.9 Å². The summed E-state index contributed by atoms with van der Waals surface area (Å²) in [5.41, 5.74) is 1.47. The Morgan fingerprint density at radius 3 is 2.82 bits per heavy atom. The number of aromatic nitrogens is 5. The van der Waals surface area contributed by atoms with Gasteiger partial charge < -0.3 is 14.3 Å². The monoisotopic (exact) mass is 412 g/mol. The number of aromatic amines is 1. The predicted molar refractivity (Wildman–Crippen MR) is 107 cm³/mol. The van der Waals surface area contributed by atoms with Crippen LogP contribution < -0.4 is 5.32 Å². The number of rotatable bonds is 6. The molecule has 0 aliphatic carbocycles. The maximum Gasteiger partial charge on any atom is 0.287 e. The highest BCUT2D eigenvalue weighted by Gasteiger charge is 2.21. The van der Waals surface area contributed by atoms with Crippen LogP contribution in [0.15, 0.2) is 52.3 Å². The van der Waals surface area contributed by atoms with Gasteiger partial charge in [-0.3, -0.25) is 9.89 Å². The molecular weight excluding hydrogens is 396 g/mol. The van der Waals surface area contributed by atoms with Crippen molar-refractivity contribution in [3.8, 4) is 0 Å². The number of carbonyl (C=O) groups excluding carboxylic acids is 1. The molecule has 8 nitrogen and oxygen atoms in total. The summed E-state index contributed by atoms with van der Waals surface area (Å²) in [6, 6.07) is 9.34. The zero-order valence-electron chi connectivity index (χ0n) is 14.9. The van der Waals surface area contributed by atoms with Gasteiger partial charge in [0.2, 0.25) is 0 Å². The normalized spacial score (nSPS) is 11.0. The Morgan fingerprint density at radius 2 is 2.07 bits per heavy atom. The lowest BCUT2D eigenvalue weighted by Gasteiger charge is -2.05. The molecule has 0 saturated heterocycles. The highest BCUT2D eigenvalue weighted by atomic mass is 32.2. The molecule has 0 radical (unpaired) electrons. The van der Waals surface area contributed by atoms with Gasteiger partial charge in [-0.05, 0) is 24.4 Å². The summed E-state index contributed by atoms with van der Waals surface area (Å²) in [6.45, 7) is 0.230. The molecule has 0 aliphatic rings. The van der Waals surface area contributed by atoms with E-state index in [4.69, 9.17) is 16.6 Å². The first kappa shape index (κ1) is 18.4. The van der Waals surface area contributed by atoms with Gasteiger partial charge in [0, 0.05) is 36.1 Å². The zero-order chi connectivity index (χ0) is 19.5. The number of nitrogens with one attached hydrogen (secondary N) is 2. The highest BCUT2D eigenvalue weighted by molar-refractivity contribution is 7.98. The standard InChI is InChI=1S/C18H16N6O2S2/c1-24-14(22-23-18(24)27)9-21-16(25)15-12(10-28-17-19-7-4-8-20-17)11-5-2-3-6-13(11)26-15/h2-8H,9-10H2,1H3,(H,21,25)(H,23,27). The van der Waals surface area contributed by atoms with Crippen LogP contribution in [0.2, 0.25) is 0 Å². The van der Waals surface area contributed by atoms with Gasteiger partial charge in [0.1, 0.15) is 5.58 Å². The van der Waals surface area contributed by atoms with Crippen molar-refractivity contribution in [2.45, 2.75) is 17.5 Å². The van der Waals surface area contributed by atoms with E-state index >= 15 is 0 Å². The molecule has 0 fully saturated rings. The fraction of sp³-hybridized carbons (Fsp3) is 0.167. The molecular formula is C18H16N6O2S2. The number of carbonyl (C=O) groups is 1. The number of para-hydroxylation sites is 1. The molecule has 0 spiro atoms. The van der Waals surface area contributed by atoms with Crippen LogP contribution in [0.25, 0.3) is 11.0 Å². The SMILES string of the molecule is Cn1c(CNC(=O)c2oc3ccccc3c2CSc2ncccn2)n[nH]c1=S. The first-order valence-electron chi connectivity index (χ1n) is 8.42. The Balaban J connectivity index is 1.59. The zero-order valence-corrected chi connectivity index (χ0v) is 16.5. The number of hydrogen-bond acceptors (Lipinski definition) is 7. The highest BCUT2D eigenvalue weighted by Crippen LogP contribution is 2.31. The van der Waals surface area contributed by atoms with E-state index in [9.17, 15) is 4.79 Å². The molecule has 2 N–H and O–H groups in total. The molecule has 1 amide bonds. The second-order valence-electron chi connectivity index (χ2n) is 5.91. The lowest BCUT2D eigenvalue weighted by molar-refractivity contribution is 0.0923. The molecule has 3 heterocycles. The van der Waals surface area contributed by atoms with Gasteiger partial charge in [0.05, 0.1) is 6.54 Å². The Labute approximate surface area is 169 Å². The molecule has 0 saturated carbocycles. The fourth-order valence-electron chi connectivity index (χ4n) is 2.70. The number of thioether (sulfide) groups is 1. The van der Waals surface area contributed by atoms with Gasteiger partial charge in [0.25, 0.3) is 5.91 Å². The van der Waals surface area contributed by atoms with Crippen LogP contribution in [-0.2, 0) is 19.3 Å². The Hall–Kier alpha value is -2.98. The minimum Gasteiger partial charge on any atom is -0.451 e. The third kappa shape index (κ3) is 3.69. The van der Waals surface area contributed by atoms with Crippen LogP contribution in [0.3, 0.4) is 0 Å². The third-order valence-electron chi connectivity index (χ3n) is 4.17. The third-order valence-corrected chi connectivity index (χ3v) is 5.44. The lowest BCUT2D eigenvalue weighted by Crippen LogP contribution is -2.24. The maximum absolute atomic E-state index is 12.8. The first-order valence-corrected chi connectivity index (χ1v) is 9.81. The van der Waals surface area contributed by atoms with Crippen LogP contribution in [0.1, 0.15) is 21.9 Å². The molecule has 142 valence electrons. The van der Waals surface area contributed by atoms with E-state index in [-0.39, 0.29) is 18.2 Å². The molecule has 0 bridgehead atoms. The molecule has 0 aliphatic heterocycles. The van der Waals surface area contributed by atoms with Gasteiger partial charge in [-0.25, -0.2) is 9.97 Å². The number of hydrogen-bond donors (Lipinski definition) is 2. The molecule has 4 rings (SSSR count). The number of amides is 1. The summed E-state index contributed by atoms with van der Waals surface area (Å²) < 4.78 is 8.05. The van der Waals surface area contributed by atoms with Crippen molar-refractivity contribution in [3.05, 3.63) is 64.6 Å². The second-order valence-corrected chi connectivity index (χ2v) is 7.24. The molecule has 3 aromatic heterocycles. The van der Waals surface area contributed by atoms with Gasteiger partial charge in [-0.15, -0.1) is 0 Å². The topological polar surface area (TPSA) is 102 Å². The van der Waals surface area contributed by atoms with E-state index in [1.54, 1.807) is 30.1 Å². The van der Waals surface area contributed by atoms with Crippen molar-refractivity contribution in [2.24, 2.45) is 7.05 Å². The summed E-state index contributed by atoms with van der Waals surface area (Å²) >= 11 is 6.54. The van der Waals surface area contributed by atoms with Crippen LogP contribution in [0, 0.1) is 4.77 Å². The van der Waals surface area contributed by atoms with Crippen molar-refractivity contribution in [1.29, 1.82) is 0 Å². The summed E-state index contributed by atoms with van der Waals surface area (Å²) in [7, 11) is 1.79. The first-order chi connectivity index (χ1) is 13.6. The predicted octanol–water partition coefficient (Wildman–Crippen LogP) is 3.24. The average molecular weight is 413 g/mol. The largest absolute Gasteiger partial charge is 0.451 e. The van der Waals surface area contributed by atoms with Crippen molar-refractivity contribution < 1.29 is 9.21 Å². The fourth-order valence-corrected chi connectivity index (χ4v) is 3.68. The molecule has 28 heavy (non-hydrogen) atoms. The van der Waals surface area contributed by atoms with E-state index in [0.29, 0.717) is 27.1 Å². The van der Waals surface area contributed by atoms with E-state index in [1.807, 2.05) is 24.3 Å². The molecule has 0 atom stereocenters.